The Morgan fingerprint density at radius 1 is 0.167 bits per heavy atom. The largest absolute Gasteiger partial charge is 0.497 e. The topological polar surface area (TPSA) is 147 Å². The van der Waals surface area contributed by atoms with E-state index in [9.17, 15) is 8.78 Å². The highest BCUT2D eigenvalue weighted by atomic mass is 79.9. The molecule has 0 bridgehead atoms. The van der Waals surface area contributed by atoms with Gasteiger partial charge in [0.25, 0.3) is 0 Å². The molecule has 25 rings (SSSR count). The summed E-state index contributed by atoms with van der Waals surface area (Å²) in [6, 6.07) is 123. The third kappa shape index (κ3) is 20.9. The van der Waals surface area contributed by atoms with Gasteiger partial charge in [0, 0.05) is 64.6 Å². The van der Waals surface area contributed by atoms with Crippen LogP contribution in [0.5, 0.6) is 11.5 Å². The van der Waals surface area contributed by atoms with Crippen molar-refractivity contribution in [3.05, 3.63) is 453 Å². The SMILES string of the molecule is Brc1c2ccccc2c(Br)c2nc(-c3ccccc3)c(-c3ccccc3)nc12.Brc1ccc(-c2nc3c(Br)c4ccccc4c(Br)c3nc2-c2ccc(Br)cc2)cc1.COc1cccc(-c2nc3c(Br)c4ccccc4c(Br)c3nc2-c2cccc(OC)c2)c1.Cc1ccc(-c2nc3c(Br)c4ccccc4c(Br)c3nc2-c2ccc(C)cc2)cc1.Fc1ccc(-c2nc3c(Br)c4ccccc4c(Br)c3nc2-c2ccc(F)cc2)cc1. The fourth-order valence-corrected chi connectivity index (χ4v) is 24.7. The average molecular weight is 2730 g/mol. The van der Waals surface area contributed by atoms with Crippen LogP contribution < -0.4 is 9.47 Å². The first-order valence-corrected chi connectivity index (χ1v) is 56.4. The van der Waals surface area contributed by atoms with Crippen LogP contribution in [0.15, 0.2) is 430 Å². The van der Waals surface area contributed by atoms with Gasteiger partial charge in [0.05, 0.1) is 116 Å². The van der Waals surface area contributed by atoms with Crippen molar-refractivity contribution in [2.75, 3.05) is 14.2 Å². The lowest BCUT2D eigenvalue weighted by molar-refractivity contribution is 0.415. The molecule has 0 fully saturated rings. The summed E-state index contributed by atoms with van der Waals surface area (Å²) in [6.07, 6.45) is 0. The molecule has 26 heteroatoms. The number of methoxy groups -OCH3 is 2. The van der Waals surface area contributed by atoms with Crippen LogP contribution in [0.25, 0.3) is 222 Å². The number of fused-ring (bicyclic) bond motifs is 10. The number of benzene rings is 20. The molecule has 5 aromatic heterocycles. The second-order valence-corrected chi connectivity index (χ2v) is 44.7. The highest BCUT2D eigenvalue weighted by Gasteiger charge is 2.28. The minimum atomic E-state index is -0.328. The average Bonchev–Trinajstić information content (AvgIpc) is 0.754. The molecule has 0 saturated carbocycles. The van der Waals surface area contributed by atoms with Crippen molar-refractivity contribution in [1.29, 1.82) is 0 Å². The molecule has 0 N–H and O–H groups in total. The molecule has 0 aliphatic rings. The predicted molar refractivity (Wildman–Crippen MR) is 654 cm³/mol. The minimum Gasteiger partial charge on any atom is -0.497 e. The minimum absolute atomic E-state index is 0.328. The fourth-order valence-electron chi connectivity index (χ4n) is 17.9. The monoisotopic (exact) mass is 2720 g/mol. The maximum Gasteiger partial charge on any atom is 0.123 e. The Balaban J connectivity index is 0.000000110. The van der Waals surface area contributed by atoms with Gasteiger partial charge in [0.15, 0.2) is 0 Å². The molecule has 0 unspecified atom stereocenters. The number of hydrogen-bond acceptors (Lipinski definition) is 12. The van der Waals surface area contributed by atoms with E-state index >= 15 is 0 Å². The normalized spacial score (nSPS) is 11.3. The number of nitrogens with zero attached hydrogens (tertiary/aromatic N) is 10. The molecule has 0 spiro atoms. The first kappa shape index (κ1) is 103. The standard InChI is InChI=1S/C26H18Br2N2O2.C26H18Br2N2.C24H12Br4N2.C24H12Br2F2N2.C24H14Br2N2/c1-31-17-9-5-7-15(13-17)23-24(16-8-6-10-18(14-16)32-2)30-26-22(28)20-12-4-3-11-19(20)21(27)25(26)29-23;1-15-7-11-17(12-8-15)23-24(18-13-9-16(2)10-14-18)30-26-22(28)20-6-4-3-5-19(20)21(27)25(26)29-23;25-15-9-5-13(6-10-15)21-22(14-7-11-16(26)12-8-14)30-24-20(28)18-4-2-1-3-17(18)19(27)23(24)29-21;25-19-17-3-1-2-4-18(17)20(26)24-23(19)29-21(13-5-9-15(27)10-6-13)22(30-24)14-7-11-16(28)12-8-14;25-19-17-13-7-8-14-18(17)20(26)24-23(19)27-21(15-9-3-1-4-10-15)22(28-24)16-11-5-2-6-12-16/h3-14H,1-2H3;3-14H,1-2H3;2*1-12H;1-14H. The van der Waals surface area contributed by atoms with Crippen LogP contribution in [0, 0.1) is 25.5 Å². The maximum absolute atomic E-state index is 13.5. The van der Waals surface area contributed by atoms with Crippen molar-refractivity contribution in [1.82, 2.24) is 49.8 Å². The van der Waals surface area contributed by atoms with Gasteiger partial charge in [-0.1, -0.05) is 322 Å². The number of rotatable bonds is 12. The Bertz CT molecular complexity index is 8530. The van der Waals surface area contributed by atoms with E-state index in [1.165, 1.54) is 35.4 Å². The van der Waals surface area contributed by atoms with Crippen molar-refractivity contribution in [2.24, 2.45) is 0 Å². The Hall–Kier alpha value is -12.4. The fraction of sp³-hybridized carbons (Fsp3) is 0.0323. The quantitative estimate of drug-likeness (QED) is 0.107. The zero-order valence-corrected chi connectivity index (χ0v) is 98.4. The van der Waals surface area contributed by atoms with Gasteiger partial charge in [-0.3, -0.25) is 0 Å². The smallest absolute Gasteiger partial charge is 0.123 e. The van der Waals surface area contributed by atoms with Gasteiger partial charge in [0.1, 0.15) is 78.3 Å². The van der Waals surface area contributed by atoms with Crippen LogP contribution in [0.2, 0.25) is 0 Å². The summed E-state index contributed by atoms with van der Waals surface area (Å²) in [4.78, 5) is 50.8. The van der Waals surface area contributed by atoms with E-state index in [-0.39, 0.29) is 11.6 Å². The first-order chi connectivity index (χ1) is 72.9. The molecule has 20 aromatic carbocycles. The number of hydrogen-bond donors (Lipinski definition) is 0. The first-order valence-electron chi connectivity index (χ1n) is 46.9. The number of aromatic nitrogens is 10. The summed E-state index contributed by atoms with van der Waals surface area (Å²) < 4.78 is 49.3. The van der Waals surface area contributed by atoms with Crippen LogP contribution in [0.3, 0.4) is 0 Å². The van der Waals surface area contributed by atoms with Crippen molar-refractivity contribution >= 4 is 300 Å². The van der Waals surface area contributed by atoms with E-state index in [2.05, 4.69) is 351 Å². The zero-order chi connectivity index (χ0) is 104. The van der Waals surface area contributed by atoms with Gasteiger partial charge in [0.2, 0.25) is 0 Å². The summed E-state index contributed by atoms with van der Waals surface area (Å²) in [6.45, 7) is 4.19. The van der Waals surface area contributed by atoms with E-state index < -0.39 is 0 Å². The van der Waals surface area contributed by atoms with E-state index in [1.807, 2.05) is 182 Å². The zero-order valence-electron chi connectivity index (χ0n) is 79.4. The Morgan fingerprint density at radius 3 is 0.507 bits per heavy atom. The number of ether oxygens (including phenoxy) is 2. The highest BCUT2D eigenvalue weighted by Crippen LogP contribution is 2.50. The predicted octanol–water partition coefficient (Wildman–Crippen LogP) is 40.6. The lowest BCUT2D eigenvalue weighted by atomic mass is 10.0. The Labute approximate surface area is 962 Å². The van der Waals surface area contributed by atoms with Gasteiger partial charge in [-0.25, -0.2) is 58.6 Å². The Kier molecular flexibility index (Phi) is 31.2. The van der Waals surface area contributed by atoms with Gasteiger partial charge in [-0.15, -0.1) is 0 Å². The van der Waals surface area contributed by atoms with E-state index in [1.54, 1.807) is 38.5 Å². The molecule has 150 heavy (non-hydrogen) atoms. The molecular weight excluding hydrogens is 2660 g/mol. The molecule has 25 aromatic rings. The van der Waals surface area contributed by atoms with Crippen molar-refractivity contribution in [2.45, 2.75) is 13.8 Å². The third-order valence-electron chi connectivity index (χ3n) is 25.5. The van der Waals surface area contributed by atoms with E-state index in [0.717, 1.165) is 264 Å². The molecule has 0 radical (unpaired) electrons. The molecule has 12 nitrogen and oxygen atoms in total. The lowest BCUT2D eigenvalue weighted by Crippen LogP contribution is -1.98. The van der Waals surface area contributed by atoms with Crippen molar-refractivity contribution < 1.29 is 18.3 Å². The second-order valence-electron chi connectivity index (χ2n) is 34.9. The molecule has 5 heterocycles. The van der Waals surface area contributed by atoms with Crippen LogP contribution in [-0.2, 0) is 0 Å². The van der Waals surface area contributed by atoms with Crippen LogP contribution >= 0.6 is 191 Å². The lowest BCUT2D eigenvalue weighted by Gasteiger charge is -2.15. The number of halogens is 14. The van der Waals surface area contributed by atoms with Crippen LogP contribution in [-0.4, -0.2) is 64.1 Å². The van der Waals surface area contributed by atoms with Gasteiger partial charge in [-0.05, 0) is 324 Å². The van der Waals surface area contributed by atoms with Gasteiger partial charge < -0.3 is 9.47 Å². The highest BCUT2D eigenvalue weighted by molar-refractivity contribution is 9.12. The summed E-state index contributed by atoms with van der Waals surface area (Å²) in [5, 5.41) is 10.8. The van der Waals surface area contributed by atoms with Gasteiger partial charge >= 0.3 is 0 Å². The summed E-state index contributed by atoms with van der Waals surface area (Å²) in [5.41, 5.74) is 28.0. The van der Waals surface area contributed by atoms with E-state index in [0.29, 0.717) is 22.4 Å². The second kappa shape index (κ2) is 45.3. The van der Waals surface area contributed by atoms with Crippen LogP contribution in [0.4, 0.5) is 8.78 Å². The third-order valence-corrected chi connectivity index (χ3v) is 34.5. The van der Waals surface area contributed by atoms with Crippen molar-refractivity contribution in [3.8, 4) is 124 Å². The van der Waals surface area contributed by atoms with Crippen molar-refractivity contribution in [3.63, 3.8) is 0 Å². The molecule has 0 atom stereocenters. The molecule has 730 valence electrons. The summed E-state index contributed by atoms with van der Waals surface area (Å²) >= 11 is 44.7. The summed E-state index contributed by atoms with van der Waals surface area (Å²) in [7, 11) is 3.32. The molecule has 0 aliphatic heterocycles. The summed E-state index contributed by atoms with van der Waals surface area (Å²) in [5.74, 6) is 0.871. The van der Waals surface area contributed by atoms with Crippen LogP contribution in [0.1, 0.15) is 11.1 Å². The van der Waals surface area contributed by atoms with E-state index in [4.69, 9.17) is 59.3 Å². The Morgan fingerprint density at radius 2 is 0.320 bits per heavy atom. The number of aryl methyl sites for hydroxylation is 2. The molecule has 0 amide bonds. The molecule has 0 saturated heterocycles. The molecule has 0 aliphatic carbocycles. The molecular formula is C124H74Br12F2N10O2. The maximum atomic E-state index is 13.5. The van der Waals surface area contributed by atoms with Gasteiger partial charge in [-0.2, -0.15) is 0 Å².